The fraction of sp³-hybridized carbons (Fsp3) is 0.556. The lowest BCUT2D eigenvalue weighted by molar-refractivity contribution is -0.122. The second-order valence-electron chi connectivity index (χ2n) is 3.43. The summed E-state index contributed by atoms with van der Waals surface area (Å²) in [4.78, 5) is 11.2. The van der Waals surface area contributed by atoms with E-state index in [1.807, 2.05) is 19.2 Å². The maximum atomic E-state index is 11.2. The second-order valence-corrected chi connectivity index (χ2v) is 3.43. The first kappa shape index (κ1) is 10.7. The molecule has 1 heterocycles. The lowest BCUT2D eigenvalue weighted by Crippen LogP contribution is -2.44. The number of aromatic nitrogens is 2. The SMILES string of the molecule is CC(Cn1cccn1)NC(=O)C(C)N. The Morgan fingerprint density at radius 2 is 2.36 bits per heavy atom. The Morgan fingerprint density at radius 3 is 2.86 bits per heavy atom. The molecule has 2 atom stereocenters. The van der Waals surface area contributed by atoms with Crippen molar-refractivity contribution >= 4 is 5.91 Å². The molecule has 5 nitrogen and oxygen atoms in total. The minimum absolute atomic E-state index is 0.0356. The van der Waals surface area contributed by atoms with Crippen LogP contribution in [0, 0.1) is 0 Å². The van der Waals surface area contributed by atoms with E-state index in [9.17, 15) is 4.79 Å². The predicted molar refractivity (Wildman–Crippen MR) is 53.5 cm³/mol. The molecule has 0 saturated heterocycles. The molecule has 0 spiro atoms. The van der Waals surface area contributed by atoms with Gasteiger partial charge in [0.05, 0.1) is 12.6 Å². The molecule has 0 aromatic carbocycles. The van der Waals surface area contributed by atoms with Crippen molar-refractivity contribution in [1.82, 2.24) is 15.1 Å². The summed E-state index contributed by atoms with van der Waals surface area (Å²) < 4.78 is 1.77. The van der Waals surface area contributed by atoms with Crippen LogP contribution in [0.3, 0.4) is 0 Å². The quantitative estimate of drug-likeness (QED) is 0.696. The van der Waals surface area contributed by atoms with Gasteiger partial charge in [-0.05, 0) is 19.9 Å². The standard InChI is InChI=1S/C9H16N4O/c1-7(12-9(14)8(2)10)6-13-5-3-4-11-13/h3-5,7-8H,6,10H2,1-2H3,(H,12,14). The number of nitrogens with zero attached hydrogens (tertiary/aromatic N) is 2. The van der Waals surface area contributed by atoms with Gasteiger partial charge in [0.2, 0.25) is 5.91 Å². The van der Waals surface area contributed by atoms with E-state index in [0.29, 0.717) is 6.54 Å². The van der Waals surface area contributed by atoms with Gasteiger partial charge in [-0.25, -0.2) is 0 Å². The molecule has 0 aliphatic heterocycles. The highest BCUT2D eigenvalue weighted by Gasteiger charge is 2.11. The van der Waals surface area contributed by atoms with Crippen LogP contribution in [0.2, 0.25) is 0 Å². The monoisotopic (exact) mass is 196 g/mol. The zero-order chi connectivity index (χ0) is 10.6. The van der Waals surface area contributed by atoms with Crippen molar-refractivity contribution in [2.45, 2.75) is 32.5 Å². The zero-order valence-electron chi connectivity index (χ0n) is 8.47. The Morgan fingerprint density at radius 1 is 1.64 bits per heavy atom. The van der Waals surface area contributed by atoms with E-state index in [2.05, 4.69) is 10.4 Å². The van der Waals surface area contributed by atoms with E-state index in [0.717, 1.165) is 0 Å². The third-order valence-electron chi connectivity index (χ3n) is 1.82. The Bertz CT molecular complexity index is 281. The molecule has 1 aromatic heterocycles. The Kier molecular flexibility index (Phi) is 3.64. The van der Waals surface area contributed by atoms with Gasteiger partial charge in [-0.2, -0.15) is 5.10 Å². The van der Waals surface area contributed by atoms with Gasteiger partial charge >= 0.3 is 0 Å². The van der Waals surface area contributed by atoms with Crippen molar-refractivity contribution in [3.63, 3.8) is 0 Å². The summed E-state index contributed by atoms with van der Waals surface area (Å²) in [7, 11) is 0. The Hall–Kier alpha value is -1.36. The molecular weight excluding hydrogens is 180 g/mol. The van der Waals surface area contributed by atoms with Crippen LogP contribution >= 0.6 is 0 Å². The van der Waals surface area contributed by atoms with Crippen LogP contribution in [-0.4, -0.2) is 27.8 Å². The number of nitrogens with one attached hydrogen (secondary N) is 1. The number of nitrogens with two attached hydrogens (primary N) is 1. The third kappa shape index (κ3) is 3.18. The molecule has 14 heavy (non-hydrogen) atoms. The molecule has 0 radical (unpaired) electrons. The highest BCUT2D eigenvalue weighted by atomic mass is 16.2. The summed E-state index contributed by atoms with van der Waals surface area (Å²) in [5, 5.41) is 6.84. The van der Waals surface area contributed by atoms with Crippen LogP contribution in [0.1, 0.15) is 13.8 Å². The third-order valence-corrected chi connectivity index (χ3v) is 1.82. The molecule has 1 aromatic rings. The molecule has 78 valence electrons. The molecule has 0 saturated carbocycles. The van der Waals surface area contributed by atoms with Gasteiger partial charge in [-0.15, -0.1) is 0 Å². The van der Waals surface area contributed by atoms with E-state index in [4.69, 9.17) is 5.73 Å². The largest absolute Gasteiger partial charge is 0.350 e. The molecule has 2 unspecified atom stereocenters. The highest BCUT2D eigenvalue weighted by Crippen LogP contribution is 1.91. The van der Waals surface area contributed by atoms with Crippen LogP contribution in [0.4, 0.5) is 0 Å². The number of rotatable bonds is 4. The summed E-state index contributed by atoms with van der Waals surface area (Å²) >= 11 is 0. The zero-order valence-corrected chi connectivity index (χ0v) is 8.47. The van der Waals surface area contributed by atoms with Gasteiger partial charge in [-0.3, -0.25) is 9.48 Å². The van der Waals surface area contributed by atoms with E-state index in [1.54, 1.807) is 17.8 Å². The lowest BCUT2D eigenvalue weighted by Gasteiger charge is -2.15. The van der Waals surface area contributed by atoms with Crippen molar-refractivity contribution in [2.75, 3.05) is 0 Å². The first-order valence-electron chi connectivity index (χ1n) is 4.63. The van der Waals surface area contributed by atoms with Crippen molar-refractivity contribution in [3.8, 4) is 0 Å². The molecule has 1 amide bonds. The summed E-state index contributed by atoms with van der Waals surface area (Å²) in [6.07, 6.45) is 3.56. The van der Waals surface area contributed by atoms with E-state index in [-0.39, 0.29) is 11.9 Å². The smallest absolute Gasteiger partial charge is 0.236 e. The van der Waals surface area contributed by atoms with Crippen molar-refractivity contribution in [3.05, 3.63) is 18.5 Å². The predicted octanol–water partition coefficient (Wildman–Crippen LogP) is -0.265. The van der Waals surface area contributed by atoms with Crippen LogP contribution in [-0.2, 0) is 11.3 Å². The van der Waals surface area contributed by atoms with Crippen LogP contribution in [0.15, 0.2) is 18.5 Å². The maximum absolute atomic E-state index is 11.2. The molecule has 0 aliphatic rings. The van der Waals surface area contributed by atoms with Gasteiger partial charge in [0.15, 0.2) is 0 Å². The molecular formula is C9H16N4O. The molecule has 5 heteroatoms. The van der Waals surface area contributed by atoms with Crippen LogP contribution < -0.4 is 11.1 Å². The van der Waals surface area contributed by atoms with Crippen LogP contribution in [0.5, 0.6) is 0 Å². The summed E-state index contributed by atoms with van der Waals surface area (Å²) in [5.41, 5.74) is 5.42. The fourth-order valence-electron chi connectivity index (χ4n) is 1.11. The van der Waals surface area contributed by atoms with Crippen molar-refractivity contribution in [2.24, 2.45) is 5.73 Å². The number of amides is 1. The van der Waals surface area contributed by atoms with Gasteiger partial charge in [0.25, 0.3) is 0 Å². The number of hydrogen-bond acceptors (Lipinski definition) is 3. The molecule has 0 aliphatic carbocycles. The number of hydrogen-bond donors (Lipinski definition) is 2. The molecule has 0 bridgehead atoms. The average Bonchev–Trinajstić information content (AvgIpc) is 2.56. The van der Waals surface area contributed by atoms with Gasteiger partial charge in [0.1, 0.15) is 0 Å². The molecule has 0 fully saturated rings. The van der Waals surface area contributed by atoms with Crippen molar-refractivity contribution < 1.29 is 4.79 Å². The van der Waals surface area contributed by atoms with Crippen molar-refractivity contribution in [1.29, 1.82) is 0 Å². The van der Waals surface area contributed by atoms with Gasteiger partial charge < -0.3 is 11.1 Å². The average molecular weight is 196 g/mol. The minimum atomic E-state index is -0.463. The number of carbonyl (C=O) groups is 1. The topological polar surface area (TPSA) is 72.9 Å². The Labute approximate surface area is 83.3 Å². The normalized spacial score (nSPS) is 14.8. The highest BCUT2D eigenvalue weighted by molar-refractivity contribution is 5.81. The fourth-order valence-corrected chi connectivity index (χ4v) is 1.11. The first-order chi connectivity index (χ1) is 6.59. The summed E-state index contributed by atoms with van der Waals surface area (Å²) in [6.45, 7) is 4.24. The summed E-state index contributed by atoms with van der Waals surface area (Å²) in [5.74, 6) is -0.135. The first-order valence-corrected chi connectivity index (χ1v) is 4.63. The van der Waals surface area contributed by atoms with Gasteiger partial charge in [0, 0.05) is 18.4 Å². The van der Waals surface area contributed by atoms with E-state index >= 15 is 0 Å². The van der Waals surface area contributed by atoms with E-state index in [1.165, 1.54) is 0 Å². The molecule has 1 rings (SSSR count). The lowest BCUT2D eigenvalue weighted by atomic mass is 10.3. The van der Waals surface area contributed by atoms with E-state index < -0.39 is 6.04 Å². The minimum Gasteiger partial charge on any atom is -0.350 e. The Balaban J connectivity index is 2.36. The second kappa shape index (κ2) is 4.76. The maximum Gasteiger partial charge on any atom is 0.236 e. The summed E-state index contributed by atoms with van der Waals surface area (Å²) in [6, 6.07) is 1.42. The number of carbonyl (C=O) groups excluding carboxylic acids is 1. The van der Waals surface area contributed by atoms with Gasteiger partial charge in [-0.1, -0.05) is 0 Å². The van der Waals surface area contributed by atoms with Crippen LogP contribution in [0.25, 0.3) is 0 Å². The molecule has 3 N–H and O–H groups in total.